The third kappa shape index (κ3) is 3.57. The maximum absolute atomic E-state index is 10.8. The normalized spacial score (nSPS) is 9.00. The maximum Gasteiger partial charge on any atom is 0.325 e. The number of carbonyl (C=O) groups excluding carboxylic acids is 2. The highest BCUT2D eigenvalue weighted by molar-refractivity contribution is 5.93. The van der Waals surface area contributed by atoms with Crippen LogP contribution < -0.4 is 5.32 Å². The molecule has 0 heterocycles. The third-order valence-electron chi connectivity index (χ3n) is 1.13. The lowest BCUT2D eigenvalue weighted by Gasteiger charge is -2.12. The van der Waals surface area contributed by atoms with Crippen molar-refractivity contribution in [2.24, 2.45) is 0 Å². The van der Waals surface area contributed by atoms with E-state index in [1.807, 2.05) is 0 Å². The Hall–Kier alpha value is -1.10. The minimum absolute atomic E-state index is 0.255. The molecular weight excluding hydrogens is 148 g/mol. The average Bonchev–Trinajstić information content (AvgIpc) is 2.02. The van der Waals surface area contributed by atoms with Gasteiger partial charge in [-0.25, -0.2) is 4.79 Å². The standard InChI is InChI=1S/C6H12N2O3/c1-3-5(10)7-6(11)8(2)4-9/h9H,3-4H2,1-2H3,(H,7,10,11). The molecule has 0 unspecified atom stereocenters. The van der Waals surface area contributed by atoms with Crippen LogP contribution in [0.15, 0.2) is 0 Å². The zero-order valence-corrected chi connectivity index (χ0v) is 6.63. The van der Waals surface area contributed by atoms with E-state index in [0.29, 0.717) is 0 Å². The van der Waals surface area contributed by atoms with Crippen molar-refractivity contribution in [2.45, 2.75) is 13.3 Å². The van der Waals surface area contributed by atoms with E-state index in [4.69, 9.17) is 5.11 Å². The number of urea groups is 1. The number of rotatable bonds is 2. The Labute approximate surface area is 65.0 Å². The molecule has 0 saturated carbocycles. The van der Waals surface area contributed by atoms with Gasteiger partial charge in [-0.1, -0.05) is 6.92 Å². The molecule has 0 aromatic heterocycles. The monoisotopic (exact) mass is 160 g/mol. The molecule has 0 aliphatic carbocycles. The summed E-state index contributed by atoms with van der Waals surface area (Å²) < 4.78 is 0. The number of hydrogen-bond donors (Lipinski definition) is 2. The molecule has 5 nitrogen and oxygen atoms in total. The molecule has 0 rings (SSSR count). The van der Waals surface area contributed by atoms with E-state index in [-0.39, 0.29) is 12.3 Å². The van der Waals surface area contributed by atoms with Crippen molar-refractivity contribution in [1.29, 1.82) is 0 Å². The molecule has 0 atom stereocenters. The fraction of sp³-hybridized carbons (Fsp3) is 0.667. The zero-order valence-electron chi connectivity index (χ0n) is 6.63. The van der Waals surface area contributed by atoms with E-state index in [2.05, 4.69) is 5.32 Å². The Balaban J connectivity index is 3.77. The lowest BCUT2D eigenvalue weighted by atomic mass is 10.4. The summed E-state index contributed by atoms with van der Waals surface area (Å²) in [5.74, 6) is -0.352. The quantitative estimate of drug-likeness (QED) is 0.536. The molecule has 5 heteroatoms. The molecular formula is C6H12N2O3. The fourth-order valence-electron chi connectivity index (χ4n) is 0.367. The van der Waals surface area contributed by atoms with E-state index >= 15 is 0 Å². The minimum atomic E-state index is -0.584. The Morgan fingerprint density at radius 1 is 1.55 bits per heavy atom. The van der Waals surface area contributed by atoms with Crippen molar-refractivity contribution in [1.82, 2.24) is 10.2 Å². The van der Waals surface area contributed by atoms with Gasteiger partial charge in [0.15, 0.2) is 0 Å². The number of amides is 3. The summed E-state index contributed by atoms with van der Waals surface area (Å²) in [4.78, 5) is 22.4. The number of aliphatic hydroxyl groups is 1. The molecule has 3 amide bonds. The lowest BCUT2D eigenvalue weighted by molar-refractivity contribution is -0.119. The van der Waals surface area contributed by atoms with Gasteiger partial charge in [0.1, 0.15) is 6.73 Å². The lowest BCUT2D eigenvalue weighted by Crippen LogP contribution is -2.40. The largest absolute Gasteiger partial charge is 0.376 e. The van der Waals surface area contributed by atoms with E-state index in [1.165, 1.54) is 7.05 Å². The van der Waals surface area contributed by atoms with Gasteiger partial charge in [-0.2, -0.15) is 0 Å². The van der Waals surface area contributed by atoms with Gasteiger partial charge in [0.2, 0.25) is 5.91 Å². The average molecular weight is 160 g/mol. The number of hydrogen-bond acceptors (Lipinski definition) is 3. The first-order valence-electron chi connectivity index (χ1n) is 3.27. The molecule has 0 saturated heterocycles. The summed E-state index contributed by atoms with van der Waals surface area (Å²) in [5.41, 5.74) is 0. The van der Waals surface area contributed by atoms with E-state index in [9.17, 15) is 9.59 Å². The van der Waals surface area contributed by atoms with Gasteiger partial charge >= 0.3 is 6.03 Å². The van der Waals surface area contributed by atoms with E-state index in [0.717, 1.165) is 4.90 Å². The fourth-order valence-corrected chi connectivity index (χ4v) is 0.367. The zero-order chi connectivity index (χ0) is 8.85. The smallest absolute Gasteiger partial charge is 0.325 e. The highest BCUT2D eigenvalue weighted by atomic mass is 16.3. The summed E-state index contributed by atoms with van der Waals surface area (Å²) >= 11 is 0. The van der Waals surface area contributed by atoms with Gasteiger partial charge in [-0.3, -0.25) is 10.1 Å². The van der Waals surface area contributed by atoms with E-state index in [1.54, 1.807) is 6.92 Å². The second-order valence-electron chi connectivity index (χ2n) is 2.05. The summed E-state index contributed by atoms with van der Waals surface area (Å²) in [5, 5.41) is 10.5. The molecule has 0 radical (unpaired) electrons. The van der Waals surface area contributed by atoms with Gasteiger partial charge in [0.25, 0.3) is 0 Å². The molecule has 0 aliphatic rings. The predicted molar refractivity (Wildman–Crippen MR) is 38.7 cm³/mol. The highest BCUT2D eigenvalue weighted by Gasteiger charge is 2.08. The van der Waals surface area contributed by atoms with Crippen LogP contribution >= 0.6 is 0 Å². The number of imide groups is 1. The number of aliphatic hydroxyl groups excluding tert-OH is 1. The van der Waals surface area contributed by atoms with Crippen molar-refractivity contribution in [3.05, 3.63) is 0 Å². The van der Waals surface area contributed by atoms with Crippen molar-refractivity contribution >= 4 is 11.9 Å². The van der Waals surface area contributed by atoms with Crippen molar-refractivity contribution in [3.63, 3.8) is 0 Å². The van der Waals surface area contributed by atoms with Crippen molar-refractivity contribution in [2.75, 3.05) is 13.8 Å². The van der Waals surface area contributed by atoms with Crippen LogP contribution in [0.3, 0.4) is 0 Å². The Morgan fingerprint density at radius 3 is 2.45 bits per heavy atom. The van der Waals surface area contributed by atoms with Crippen LogP contribution in [0.25, 0.3) is 0 Å². The molecule has 0 aromatic carbocycles. The van der Waals surface area contributed by atoms with Crippen molar-refractivity contribution in [3.8, 4) is 0 Å². The second kappa shape index (κ2) is 4.68. The number of nitrogens with one attached hydrogen (secondary N) is 1. The van der Waals surface area contributed by atoms with Crippen LogP contribution in [0, 0.1) is 0 Å². The first-order valence-corrected chi connectivity index (χ1v) is 3.27. The molecule has 0 spiro atoms. The van der Waals surface area contributed by atoms with Crippen LogP contribution in [0.5, 0.6) is 0 Å². The summed E-state index contributed by atoms with van der Waals surface area (Å²) in [6.07, 6.45) is 0.255. The second-order valence-corrected chi connectivity index (χ2v) is 2.05. The molecule has 11 heavy (non-hydrogen) atoms. The van der Waals surface area contributed by atoms with Crippen molar-refractivity contribution < 1.29 is 14.7 Å². The Bertz CT molecular complexity index is 158. The summed E-state index contributed by atoms with van der Waals surface area (Å²) in [6, 6.07) is -0.584. The molecule has 0 aromatic rings. The number of carbonyl (C=O) groups is 2. The molecule has 0 fully saturated rings. The van der Waals surface area contributed by atoms with Crippen LogP contribution in [0.4, 0.5) is 4.79 Å². The van der Waals surface area contributed by atoms with Crippen LogP contribution in [-0.2, 0) is 4.79 Å². The number of nitrogens with zero attached hydrogens (tertiary/aromatic N) is 1. The maximum atomic E-state index is 10.8. The SMILES string of the molecule is CCC(=O)NC(=O)N(C)CO. The summed E-state index contributed by atoms with van der Waals surface area (Å²) in [7, 11) is 1.39. The van der Waals surface area contributed by atoms with Crippen LogP contribution in [0.1, 0.15) is 13.3 Å². The van der Waals surface area contributed by atoms with Gasteiger partial charge < -0.3 is 10.0 Å². The first kappa shape index (κ1) is 9.90. The van der Waals surface area contributed by atoms with Gasteiger partial charge in [0, 0.05) is 13.5 Å². The molecule has 0 bridgehead atoms. The molecule has 0 aliphatic heterocycles. The third-order valence-corrected chi connectivity index (χ3v) is 1.13. The van der Waals surface area contributed by atoms with Crippen LogP contribution in [-0.4, -0.2) is 35.7 Å². The Kier molecular flexibility index (Phi) is 4.21. The van der Waals surface area contributed by atoms with Gasteiger partial charge in [0.05, 0.1) is 0 Å². The molecule has 64 valence electrons. The topological polar surface area (TPSA) is 69.6 Å². The first-order chi connectivity index (χ1) is 5.11. The minimum Gasteiger partial charge on any atom is -0.376 e. The summed E-state index contributed by atoms with van der Waals surface area (Å²) in [6.45, 7) is 1.24. The highest BCUT2D eigenvalue weighted by Crippen LogP contribution is 1.82. The molecule has 2 N–H and O–H groups in total. The van der Waals surface area contributed by atoms with Crippen LogP contribution in [0.2, 0.25) is 0 Å². The van der Waals surface area contributed by atoms with Gasteiger partial charge in [-0.15, -0.1) is 0 Å². The predicted octanol–water partition coefficient (Wildman–Crippen LogP) is -0.486. The Morgan fingerprint density at radius 2 is 2.09 bits per heavy atom. The van der Waals surface area contributed by atoms with Gasteiger partial charge in [-0.05, 0) is 0 Å². The van der Waals surface area contributed by atoms with E-state index < -0.39 is 12.8 Å².